The maximum absolute atomic E-state index is 12.2. The van der Waals surface area contributed by atoms with Crippen LogP contribution in [-0.4, -0.2) is 19.7 Å². The molecule has 0 spiro atoms. The summed E-state index contributed by atoms with van der Waals surface area (Å²) in [4.78, 5) is 1.16. The van der Waals surface area contributed by atoms with Crippen molar-refractivity contribution in [1.82, 2.24) is 4.72 Å². The van der Waals surface area contributed by atoms with E-state index in [2.05, 4.69) is 4.72 Å². The van der Waals surface area contributed by atoms with Crippen molar-refractivity contribution in [1.29, 1.82) is 0 Å². The average molecular weight is 273 g/mol. The van der Waals surface area contributed by atoms with Crippen LogP contribution in [0.2, 0.25) is 0 Å². The van der Waals surface area contributed by atoms with Crippen LogP contribution in [0.1, 0.15) is 27.7 Å². The lowest BCUT2D eigenvalue weighted by molar-refractivity contribution is 0.490. The van der Waals surface area contributed by atoms with Gasteiger partial charge in [-0.05, 0) is 38.7 Å². The predicted octanol–water partition coefficient (Wildman–Crippen LogP) is 2.88. The van der Waals surface area contributed by atoms with E-state index < -0.39 is 15.6 Å². The molecule has 0 aromatic heterocycles. The molecule has 0 amide bonds. The lowest BCUT2D eigenvalue weighted by Gasteiger charge is -2.21. The molecule has 0 unspecified atom stereocenters. The third kappa shape index (κ3) is 4.33. The van der Waals surface area contributed by atoms with Gasteiger partial charge in [0.25, 0.3) is 0 Å². The SMILES string of the molecule is CCSc1ccccc1S(=O)(=O)NC(C)(C)C. The molecular weight excluding hydrogens is 254 g/mol. The Labute approximate surface area is 108 Å². The van der Waals surface area contributed by atoms with Gasteiger partial charge in [0, 0.05) is 10.4 Å². The summed E-state index contributed by atoms with van der Waals surface area (Å²) in [6.45, 7) is 7.51. The molecule has 0 heterocycles. The number of nitrogens with one attached hydrogen (secondary N) is 1. The van der Waals surface area contributed by atoms with Crippen LogP contribution in [0.3, 0.4) is 0 Å². The molecule has 1 rings (SSSR count). The zero-order valence-corrected chi connectivity index (χ0v) is 12.3. The molecule has 17 heavy (non-hydrogen) atoms. The Hall–Kier alpha value is -0.520. The highest BCUT2D eigenvalue weighted by atomic mass is 32.2. The van der Waals surface area contributed by atoms with Crippen LogP contribution in [-0.2, 0) is 10.0 Å². The van der Waals surface area contributed by atoms with Crippen molar-refractivity contribution < 1.29 is 8.42 Å². The fraction of sp³-hybridized carbons (Fsp3) is 0.500. The van der Waals surface area contributed by atoms with Gasteiger partial charge in [-0.25, -0.2) is 13.1 Å². The summed E-state index contributed by atoms with van der Waals surface area (Å²) < 4.78 is 27.1. The van der Waals surface area contributed by atoms with Gasteiger partial charge in [0.05, 0.1) is 4.90 Å². The number of thioether (sulfide) groups is 1. The molecule has 0 aliphatic heterocycles. The molecule has 1 aromatic rings. The molecule has 0 bridgehead atoms. The zero-order chi connectivity index (χ0) is 13.1. The average Bonchev–Trinajstić information content (AvgIpc) is 2.15. The van der Waals surface area contributed by atoms with Gasteiger partial charge in [-0.15, -0.1) is 11.8 Å². The second-order valence-corrected chi connectivity index (χ2v) is 7.69. The first kappa shape index (κ1) is 14.5. The molecule has 96 valence electrons. The van der Waals surface area contributed by atoms with Crippen molar-refractivity contribution in [2.75, 3.05) is 5.75 Å². The van der Waals surface area contributed by atoms with E-state index in [1.54, 1.807) is 12.1 Å². The van der Waals surface area contributed by atoms with Gasteiger partial charge in [-0.1, -0.05) is 19.1 Å². The van der Waals surface area contributed by atoms with Gasteiger partial charge in [0.2, 0.25) is 10.0 Å². The summed E-state index contributed by atoms with van der Waals surface area (Å²) in [5, 5.41) is 0. The van der Waals surface area contributed by atoms with Crippen LogP contribution in [0.25, 0.3) is 0 Å². The highest BCUT2D eigenvalue weighted by Gasteiger charge is 2.24. The minimum Gasteiger partial charge on any atom is -0.207 e. The lowest BCUT2D eigenvalue weighted by atomic mass is 10.1. The van der Waals surface area contributed by atoms with Crippen molar-refractivity contribution in [3.05, 3.63) is 24.3 Å². The summed E-state index contributed by atoms with van der Waals surface area (Å²) in [6.07, 6.45) is 0. The Kier molecular flexibility index (Phi) is 4.63. The van der Waals surface area contributed by atoms with Crippen molar-refractivity contribution in [2.24, 2.45) is 0 Å². The minimum absolute atomic E-state index is 0.363. The van der Waals surface area contributed by atoms with Crippen molar-refractivity contribution in [2.45, 2.75) is 43.0 Å². The number of sulfonamides is 1. The van der Waals surface area contributed by atoms with Gasteiger partial charge in [-0.2, -0.15) is 0 Å². The van der Waals surface area contributed by atoms with Crippen molar-refractivity contribution in [3.8, 4) is 0 Å². The van der Waals surface area contributed by atoms with Crippen LogP contribution in [0.5, 0.6) is 0 Å². The predicted molar refractivity (Wildman–Crippen MR) is 72.9 cm³/mol. The van der Waals surface area contributed by atoms with Gasteiger partial charge < -0.3 is 0 Å². The first-order valence-corrected chi connectivity index (χ1v) is 7.99. The molecule has 1 aromatic carbocycles. The van der Waals surface area contributed by atoms with E-state index >= 15 is 0 Å². The minimum atomic E-state index is -3.44. The Morgan fingerprint density at radius 1 is 1.24 bits per heavy atom. The Balaban J connectivity index is 3.15. The quantitative estimate of drug-likeness (QED) is 0.858. The monoisotopic (exact) mass is 273 g/mol. The topological polar surface area (TPSA) is 46.2 Å². The second-order valence-electron chi connectivity index (χ2n) is 4.74. The van der Waals surface area contributed by atoms with Crippen LogP contribution < -0.4 is 4.72 Å². The van der Waals surface area contributed by atoms with E-state index in [0.717, 1.165) is 10.6 Å². The zero-order valence-electron chi connectivity index (χ0n) is 10.6. The van der Waals surface area contributed by atoms with Crippen LogP contribution in [0.15, 0.2) is 34.1 Å². The molecule has 0 aliphatic rings. The van der Waals surface area contributed by atoms with Crippen LogP contribution >= 0.6 is 11.8 Å². The number of rotatable bonds is 4. The third-order valence-electron chi connectivity index (χ3n) is 1.88. The molecular formula is C12H19NO2S2. The fourth-order valence-corrected chi connectivity index (χ4v) is 4.11. The molecule has 1 N–H and O–H groups in total. The van der Waals surface area contributed by atoms with Gasteiger partial charge in [0.15, 0.2) is 0 Å². The van der Waals surface area contributed by atoms with Gasteiger partial charge in [-0.3, -0.25) is 0 Å². The first-order chi connectivity index (χ1) is 7.76. The van der Waals surface area contributed by atoms with Crippen molar-refractivity contribution in [3.63, 3.8) is 0 Å². The maximum atomic E-state index is 12.2. The van der Waals surface area contributed by atoms with E-state index in [-0.39, 0.29) is 0 Å². The maximum Gasteiger partial charge on any atom is 0.242 e. The molecule has 0 saturated heterocycles. The third-order valence-corrected chi connectivity index (χ3v) is 4.78. The summed E-state index contributed by atoms with van der Waals surface area (Å²) >= 11 is 1.54. The lowest BCUT2D eigenvalue weighted by Crippen LogP contribution is -2.40. The molecule has 5 heteroatoms. The van der Waals surface area contributed by atoms with Crippen LogP contribution in [0, 0.1) is 0 Å². The number of hydrogen-bond acceptors (Lipinski definition) is 3. The van der Waals surface area contributed by atoms with Gasteiger partial charge in [0.1, 0.15) is 0 Å². The normalized spacial score (nSPS) is 12.7. The van der Waals surface area contributed by atoms with E-state index in [1.807, 2.05) is 39.8 Å². The largest absolute Gasteiger partial charge is 0.242 e. The number of benzene rings is 1. The highest BCUT2D eigenvalue weighted by molar-refractivity contribution is 8.00. The Morgan fingerprint density at radius 3 is 2.35 bits per heavy atom. The number of hydrogen-bond donors (Lipinski definition) is 1. The van der Waals surface area contributed by atoms with Crippen LogP contribution in [0.4, 0.5) is 0 Å². The molecule has 0 aliphatic carbocycles. The van der Waals surface area contributed by atoms with E-state index in [4.69, 9.17) is 0 Å². The fourth-order valence-electron chi connectivity index (χ4n) is 1.40. The Morgan fingerprint density at radius 2 is 1.82 bits per heavy atom. The summed E-state index contributed by atoms with van der Waals surface area (Å²) in [7, 11) is -3.44. The molecule has 3 nitrogen and oxygen atoms in total. The molecule has 0 atom stereocenters. The van der Waals surface area contributed by atoms with E-state index in [1.165, 1.54) is 11.8 Å². The summed E-state index contributed by atoms with van der Waals surface area (Å²) in [6, 6.07) is 7.09. The van der Waals surface area contributed by atoms with Crippen molar-refractivity contribution >= 4 is 21.8 Å². The Bertz CT molecular complexity index is 476. The highest BCUT2D eigenvalue weighted by Crippen LogP contribution is 2.26. The molecule has 0 radical (unpaired) electrons. The first-order valence-electron chi connectivity index (χ1n) is 5.52. The standard InChI is InChI=1S/C12H19NO2S2/c1-5-16-10-8-6-7-9-11(10)17(14,15)13-12(2,3)4/h6-9,13H,5H2,1-4H3. The second kappa shape index (κ2) is 5.42. The van der Waals surface area contributed by atoms with E-state index in [0.29, 0.717) is 4.90 Å². The molecule has 0 saturated carbocycles. The smallest absolute Gasteiger partial charge is 0.207 e. The van der Waals surface area contributed by atoms with Gasteiger partial charge >= 0.3 is 0 Å². The van der Waals surface area contributed by atoms with E-state index in [9.17, 15) is 8.42 Å². The summed E-state index contributed by atoms with van der Waals surface area (Å²) in [5.41, 5.74) is -0.469. The summed E-state index contributed by atoms with van der Waals surface area (Å²) in [5.74, 6) is 0.849. The molecule has 0 fully saturated rings.